The van der Waals surface area contributed by atoms with Gasteiger partial charge in [-0.3, -0.25) is 19.2 Å². The standard InChI is InChI=1S/C25H27N11O4/c1-14(22(39)30-18(21(26)38)12-16-8-4-3-5-9-16)28-23(40)19(29-15(2)37)13-25(32-33-27)17-10-6-7-11-20(17)36-24(25)31-34-35-36/h3-11,14,18-19H,12-13H2,1-2H3,(H2,26,38)(H,28,40)(H,29,37)(H,30,39)/t14-,18-,19-,25?/m0/s1. The third kappa shape index (κ3) is 5.59. The van der Waals surface area contributed by atoms with E-state index in [-0.39, 0.29) is 18.7 Å². The second-order valence-electron chi connectivity index (χ2n) is 9.32. The lowest BCUT2D eigenvalue weighted by Gasteiger charge is -2.29. The molecule has 5 N–H and O–H groups in total. The van der Waals surface area contributed by atoms with Gasteiger partial charge in [-0.2, -0.15) is 4.68 Å². The van der Waals surface area contributed by atoms with Crippen LogP contribution in [0.4, 0.5) is 0 Å². The number of carbonyl (C=O) groups is 4. The van der Waals surface area contributed by atoms with Crippen LogP contribution in [0.2, 0.25) is 0 Å². The number of aromatic nitrogens is 4. The van der Waals surface area contributed by atoms with Crippen LogP contribution in [-0.2, 0) is 31.1 Å². The molecule has 1 unspecified atom stereocenters. The zero-order valence-corrected chi connectivity index (χ0v) is 21.7. The van der Waals surface area contributed by atoms with E-state index in [1.165, 1.54) is 18.5 Å². The van der Waals surface area contributed by atoms with Gasteiger partial charge in [0, 0.05) is 18.3 Å². The number of benzene rings is 2. The second kappa shape index (κ2) is 11.6. The molecule has 4 amide bonds. The quantitative estimate of drug-likeness (QED) is 0.148. The molecule has 0 aliphatic carbocycles. The van der Waals surface area contributed by atoms with Crippen molar-refractivity contribution in [3.05, 3.63) is 82.0 Å². The van der Waals surface area contributed by atoms with E-state index in [4.69, 9.17) is 5.73 Å². The summed E-state index contributed by atoms with van der Waals surface area (Å²) in [6, 6.07) is 12.5. The molecule has 0 saturated carbocycles. The molecule has 0 fully saturated rings. The van der Waals surface area contributed by atoms with Crippen LogP contribution in [-0.4, -0.2) is 62.0 Å². The van der Waals surface area contributed by atoms with Gasteiger partial charge in [-0.1, -0.05) is 53.6 Å². The van der Waals surface area contributed by atoms with Gasteiger partial charge in [0.15, 0.2) is 5.82 Å². The van der Waals surface area contributed by atoms with E-state index in [2.05, 4.69) is 41.5 Å². The highest BCUT2D eigenvalue weighted by Gasteiger charge is 2.49. The van der Waals surface area contributed by atoms with E-state index >= 15 is 0 Å². The van der Waals surface area contributed by atoms with Crippen molar-refractivity contribution in [2.75, 3.05) is 0 Å². The third-order valence-corrected chi connectivity index (χ3v) is 6.52. The number of para-hydroxylation sites is 1. The molecule has 2 heterocycles. The van der Waals surface area contributed by atoms with Crippen LogP contribution in [0.3, 0.4) is 0 Å². The van der Waals surface area contributed by atoms with E-state index in [1.54, 1.807) is 48.5 Å². The zero-order chi connectivity index (χ0) is 28.9. The van der Waals surface area contributed by atoms with Gasteiger partial charge in [0.05, 0.1) is 5.69 Å². The highest BCUT2D eigenvalue weighted by molar-refractivity contribution is 5.93. The zero-order valence-electron chi connectivity index (χ0n) is 21.7. The number of hydrogen-bond acceptors (Lipinski definition) is 8. The van der Waals surface area contributed by atoms with Crippen LogP contribution >= 0.6 is 0 Å². The Morgan fingerprint density at radius 3 is 2.40 bits per heavy atom. The summed E-state index contributed by atoms with van der Waals surface area (Å²) in [5, 5.41) is 23.4. The number of rotatable bonds is 11. The maximum Gasteiger partial charge on any atom is 0.243 e. The molecular formula is C25H27N11O4. The summed E-state index contributed by atoms with van der Waals surface area (Å²) in [5.74, 6) is -2.48. The fraction of sp³-hybridized carbons (Fsp3) is 0.320. The van der Waals surface area contributed by atoms with Crippen molar-refractivity contribution in [1.29, 1.82) is 0 Å². The lowest BCUT2D eigenvalue weighted by Crippen LogP contribution is -2.56. The van der Waals surface area contributed by atoms with E-state index < -0.39 is 47.3 Å². The van der Waals surface area contributed by atoms with E-state index in [9.17, 15) is 24.7 Å². The molecule has 2 aromatic carbocycles. The first-order chi connectivity index (χ1) is 19.2. The van der Waals surface area contributed by atoms with Crippen molar-refractivity contribution in [2.24, 2.45) is 10.8 Å². The van der Waals surface area contributed by atoms with Crippen molar-refractivity contribution in [3.8, 4) is 5.69 Å². The third-order valence-electron chi connectivity index (χ3n) is 6.52. The number of nitrogens with zero attached hydrogens (tertiary/aromatic N) is 7. The molecule has 1 aliphatic heterocycles. The van der Waals surface area contributed by atoms with Gasteiger partial charge in [0.25, 0.3) is 0 Å². The van der Waals surface area contributed by atoms with E-state index in [0.29, 0.717) is 11.3 Å². The maximum absolute atomic E-state index is 13.4. The van der Waals surface area contributed by atoms with Crippen molar-refractivity contribution >= 4 is 23.6 Å². The molecule has 1 aromatic heterocycles. The number of amides is 4. The SMILES string of the molecule is CC(=O)N[C@@H](CC1(N=[N+]=[N-])c2ccccc2-n2nnnc21)C(=O)N[C@@H](C)C(=O)N[C@@H](Cc1ccccc1)C(N)=O. The van der Waals surface area contributed by atoms with Gasteiger partial charge in [-0.25, -0.2) is 0 Å². The van der Waals surface area contributed by atoms with E-state index in [1.807, 2.05) is 6.07 Å². The lowest BCUT2D eigenvalue weighted by atomic mass is 9.84. The van der Waals surface area contributed by atoms with Gasteiger partial charge in [-0.05, 0) is 46.5 Å². The van der Waals surface area contributed by atoms with Crippen molar-refractivity contribution in [1.82, 2.24) is 36.2 Å². The molecule has 15 nitrogen and oxygen atoms in total. The molecule has 0 spiro atoms. The number of azide groups is 1. The van der Waals surface area contributed by atoms with Gasteiger partial charge in [0.2, 0.25) is 23.6 Å². The molecule has 4 rings (SSSR count). The molecule has 40 heavy (non-hydrogen) atoms. The maximum atomic E-state index is 13.4. The predicted molar refractivity (Wildman–Crippen MR) is 140 cm³/mol. The average molecular weight is 546 g/mol. The fourth-order valence-electron chi connectivity index (χ4n) is 4.65. The monoisotopic (exact) mass is 545 g/mol. The Hall–Kier alpha value is -5.30. The van der Waals surface area contributed by atoms with Crippen molar-refractivity contribution < 1.29 is 19.2 Å². The average Bonchev–Trinajstić information content (AvgIpc) is 3.50. The highest BCUT2D eigenvalue weighted by Crippen LogP contribution is 2.45. The first-order valence-corrected chi connectivity index (χ1v) is 12.3. The minimum Gasteiger partial charge on any atom is -0.368 e. The summed E-state index contributed by atoms with van der Waals surface area (Å²) in [5.41, 5.74) is 15.3. The number of hydrogen-bond donors (Lipinski definition) is 4. The number of fused-ring (bicyclic) bond motifs is 3. The lowest BCUT2D eigenvalue weighted by molar-refractivity contribution is -0.133. The predicted octanol–water partition coefficient (Wildman–Crippen LogP) is 0.142. The molecule has 206 valence electrons. The minimum absolute atomic E-state index is 0.167. The number of nitrogens with one attached hydrogen (secondary N) is 3. The van der Waals surface area contributed by atoms with E-state index in [0.717, 1.165) is 5.56 Å². The number of tetrazole rings is 1. The molecule has 4 atom stereocenters. The first-order valence-electron chi connectivity index (χ1n) is 12.3. The van der Waals surface area contributed by atoms with Gasteiger partial charge in [-0.15, -0.1) is 5.10 Å². The van der Waals surface area contributed by atoms with Crippen LogP contribution < -0.4 is 21.7 Å². The summed E-state index contributed by atoms with van der Waals surface area (Å²) in [4.78, 5) is 53.4. The minimum atomic E-state index is -1.53. The summed E-state index contributed by atoms with van der Waals surface area (Å²) < 4.78 is 1.40. The van der Waals surface area contributed by atoms with Crippen LogP contribution in [0.25, 0.3) is 16.1 Å². The Labute approximate surface area is 228 Å². The summed E-state index contributed by atoms with van der Waals surface area (Å²) in [7, 11) is 0. The Morgan fingerprint density at radius 1 is 1.02 bits per heavy atom. The van der Waals surface area contributed by atoms with Gasteiger partial charge in [0.1, 0.15) is 23.7 Å². The number of primary amides is 1. The first kappa shape index (κ1) is 27.7. The molecular weight excluding hydrogens is 518 g/mol. The Balaban J connectivity index is 1.54. The number of nitrogens with two attached hydrogens (primary N) is 1. The second-order valence-corrected chi connectivity index (χ2v) is 9.32. The van der Waals surface area contributed by atoms with Crippen LogP contribution in [0, 0.1) is 0 Å². The Bertz CT molecular complexity index is 1480. The molecule has 1 aliphatic rings. The van der Waals surface area contributed by atoms with Crippen LogP contribution in [0.5, 0.6) is 0 Å². The summed E-state index contributed by atoms with van der Waals surface area (Å²) >= 11 is 0. The highest BCUT2D eigenvalue weighted by atomic mass is 16.2. The molecule has 15 heteroatoms. The summed E-state index contributed by atoms with van der Waals surface area (Å²) in [6.45, 7) is 2.65. The van der Waals surface area contributed by atoms with Gasteiger partial charge < -0.3 is 21.7 Å². The molecule has 0 bridgehead atoms. The normalized spacial score (nSPS) is 17.2. The number of carbonyl (C=O) groups excluding carboxylic acids is 4. The Morgan fingerprint density at radius 2 is 1.73 bits per heavy atom. The van der Waals surface area contributed by atoms with Crippen molar-refractivity contribution in [2.45, 2.75) is 50.4 Å². The fourth-order valence-corrected chi connectivity index (χ4v) is 4.65. The molecule has 0 radical (unpaired) electrons. The topological polar surface area (TPSA) is 223 Å². The summed E-state index contributed by atoms with van der Waals surface area (Å²) in [6.07, 6.45) is -0.0774. The van der Waals surface area contributed by atoms with Crippen LogP contribution in [0.1, 0.15) is 37.2 Å². The molecule has 0 saturated heterocycles. The van der Waals surface area contributed by atoms with Gasteiger partial charge >= 0.3 is 0 Å². The molecule has 3 aromatic rings. The van der Waals surface area contributed by atoms with Crippen molar-refractivity contribution in [3.63, 3.8) is 0 Å². The smallest absolute Gasteiger partial charge is 0.243 e. The Kier molecular flexibility index (Phi) is 8.05. The largest absolute Gasteiger partial charge is 0.368 e. The van der Waals surface area contributed by atoms with Crippen LogP contribution in [0.15, 0.2) is 59.7 Å².